The van der Waals surface area contributed by atoms with Gasteiger partial charge in [-0.1, -0.05) is 54.2 Å². The summed E-state index contributed by atoms with van der Waals surface area (Å²) in [5.74, 6) is 0.192. The Kier molecular flexibility index (Phi) is 5.51. The van der Waals surface area contributed by atoms with Crippen molar-refractivity contribution in [3.8, 4) is 0 Å². The second-order valence-corrected chi connectivity index (χ2v) is 6.35. The molecular weight excluding hydrogens is 322 g/mol. The van der Waals surface area contributed by atoms with Gasteiger partial charge in [0.1, 0.15) is 0 Å². The lowest BCUT2D eigenvalue weighted by Crippen LogP contribution is -2.30. The molecule has 1 heterocycles. The Morgan fingerprint density at radius 2 is 1.92 bits per heavy atom. The molecule has 0 saturated carbocycles. The number of H-pyrrole nitrogens is 1. The lowest BCUT2D eigenvalue weighted by molar-refractivity contribution is -0.119. The maximum absolute atomic E-state index is 12.2. The van der Waals surface area contributed by atoms with Crippen molar-refractivity contribution in [2.45, 2.75) is 17.6 Å². The van der Waals surface area contributed by atoms with Gasteiger partial charge in [0.05, 0.1) is 22.8 Å². The van der Waals surface area contributed by atoms with Crippen LogP contribution in [-0.4, -0.2) is 33.3 Å². The Hall–Kier alpha value is -2.31. The molecule has 3 N–H and O–H groups in total. The third-order valence-corrected chi connectivity index (χ3v) is 4.54. The van der Waals surface area contributed by atoms with Gasteiger partial charge in [-0.3, -0.25) is 4.79 Å². The van der Waals surface area contributed by atoms with E-state index in [-0.39, 0.29) is 24.3 Å². The number of rotatable bonds is 7. The first-order valence-corrected chi connectivity index (χ1v) is 8.77. The van der Waals surface area contributed by atoms with Gasteiger partial charge >= 0.3 is 0 Å². The van der Waals surface area contributed by atoms with Crippen LogP contribution in [0.25, 0.3) is 11.0 Å². The van der Waals surface area contributed by atoms with Crippen molar-refractivity contribution in [2.24, 2.45) is 0 Å². The third-order valence-electron chi connectivity index (χ3n) is 3.66. The van der Waals surface area contributed by atoms with Gasteiger partial charge in [0.25, 0.3) is 0 Å². The summed E-state index contributed by atoms with van der Waals surface area (Å²) in [5, 5.41) is 12.9. The molecule has 0 radical (unpaired) electrons. The van der Waals surface area contributed by atoms with Crippen LogP contribution < -0.4 is 5.32 Å². The number of nitrogens with zero attached hydrogens (tertiary/aromatic N) is 1. The molecule has 0 spiro atoms. The number of thioether (sulfide) groups is 1. The Bertz CT molecular complexity index is 771. The fourth-order valence-electron chi connectivity index (χ4n) is 2.50. The molecule has 1 amide bonds. The van der Waals surface area contributed by atoms with Crippen molar-refractivity contribution in [3.05, 3.63) is 60.2 Å². The molecule has 0 saturated heterocycles. The summed E-state index contributed by atoms with van der Waals surface area (Å²) < 4.78 is 0. The van der Waals surface area contributed by atoms with Gasteiger partial charge in [-0.2, -0.15) is 0 Å². The van der Waals surface area contributed by atoms with E-state index in [9.17, 15) is 9.90 Å². The largest absolute Gasteiger partial charge is 0.396 e. The fraction of sp³-hybridized carbons (Fsp3) is 0.222. The fourth-order valence-corrected chi connectivity index (χ4v) is 3.20. The lowest BCUT2D eigenvalue weighted by Gasteiger charge is -2.18. The molecule has 0 bridgehead atoms. The van der Waals surface area contributed by atoms with E-state index in [1.165, 1.54) is 11.8 Å². The average molecular weight is 341 g/mol. The smallest absolute Gasteiger partial charge is 0.230 e. The van der Waals surface area contributed by atoms with Crippen molar-refractivity contribution in [1.29, 1.82) is 0 Å². The number of carbonyl (C=O) groups excluding carboxylic acids is 1. The maximum atomic E-state index is 12.2. The zero-order valence-corrected chi connectivity index (χ0v) is 13.9. The van der Waals surface area contributed by atoms with Crippen LogP contribution in [0.3, 0.4) is 0 Å². The van der Waals surface area contributed by atoms with E-state index in [4.69, 9.17) is 0 Å². The van der Waals surface area contributed by atoms with Crippen LogP contribution >= 0.6 is 11.8 Å². The first kappa shape index (κ1) is 16.5. The molecule has 1 aromatic heterocycles. The molecule has 3 aromatic rings. The van der Waals surface area contributed by atoms with E-state index in [1.807, 2.05) is 54.6 Å². The highest BCUT2D eigenvalue weighted by molar-refractivity contribution is 7.99. The molecule has 3 rings (SSSR count). The number of amides is 1. The van der Waals surface area contributed by atoms with Crippen LogP contribution in [0, 0.1) is 0 Å². The maximum Gasteiger partial charge on any atom is 0.230 e. The van der Waals surface area contributed by atoms with E-state index in [0.29, 0.717) is 6.42 Å². The summed E-state index contributed by atoms with van der Waals surface area (Å²) >= 11 is 1.37. The minimum atomic E-state index is -0.181. The van der Waals surface area contributed by atoms with Crippen LogP contribution in [0.2, 0.25) is 0 Å². The second-order valence-electron chi connectivity index (χ2n) is 5.39. The molecule has 124 valence electrons. The number of fused-ring (bicyclic) bond motifs is 1. The summed E-state index contributed by atoms with van der Waals surface area (Å²) in [6.45, 7) is 0.0244. The van der Waals surface area contributed by atoms with E-state index in [0.717, 1.165) is 21.8 Å². The van der Waals surface area contributed by atoms with E-state index >= 15 is 0 Å². The number of aliphatic hydroxyl groups excluding tert-OH is 1. The number of nitrogens with one attached hydrogen (secondary N) is 2. The SMILES string of the molecule is O=C(CSc1nc2ccccc2[nH]1)NC(CCO)c1ccccc1. The Labute approximate surface area is 144 Å². The average Bonchev–Trinajstić information content (AvgIpc) is 3.03. The van der Waals surface area contributed by atoms with E-state index < -0.39 is 0 Å². The van der Waals surface area contributed by atoms with Gasteiger partial charge in [-0.05, 0) is 24.1 Å². The number of carbonyl (C=O) groups is 1. The highest BCUT2D eigenvalue weighted by atomic mass is 32.2. The number of aromatic amines is 1. The Morgan fingerprint density at radius 3 is 2.67 bits per heavy atom. The van der Waals surface area contributed by atoms with Crippen molar-refractivity contribution in [3.63, 3.8) is 0 Å². The molecule has 5 nitrogen and oxygen atoms in total. The normalized spacial score (nSPS) is 12.2. The molecule has 1 unspecified atom stereocenters. The highest BCUT2D eigenvalue weighted by Crippen LogP contribution is 2.20. The van der Waals surface area contributed by atoms with Gasteiger partial charge in [-0.15, -0.1) is 0 Å². The molecule has 0 aliphatic heterocycles. The monoisotopic (exact) mass is 341 g/mol. The summed E-state index contributed by atoms with van der Waals surface area (Å²) in [6.07, 6.45) is 0.491. The van der Waals surface area contributed by atoms with E-state index in [1.54, 1.807) is 0 Å². The topological polar surface area (TPSA) is 78.0 Å². The van der Waals surface area contributed by atoms with Crippen molar-refractivity contribution in [1.82, 2.24) is 15.3 Å². The van der Waals surface area contributed by atoms with Crippen LogP contribution in [0.15, 0.2) is 59.8 Å². The van der Waals surface area contributed by atoms with Crippen molar-refractivity contribution < 1.29 is 9.90 Å². The predicted molar refractivity (Wildman–Crippen MR) is 95.8 cm³/mol. The minimum absolute atomic E-state index is 0.0244. The van der Waals surface area contributed by atoms with Gasteiger partial charge in [0.15, 0.2) is 5.16 Å². The number of aliphatic hydroxyl groups is 1. The lowest BCUT2D eigenvalue weighted by atomic mass is 10.0. The summed E-state index contributed by atoms with van der Waals surface area (Å²) in [6, 6.07) is 17.3. The zero-order valence-electron chi connectivity index (χ0n) is 13.1. The summed E-state index contributed by atoms with van der Waals surface area (Å²) in [4.78, 5) is 19.9. The molecule has 0 aliphatic rings. The number of para-hydroxylation sites is 2. The standard InChI is InChI=1S/C18H19N3O2S/c22-11-10-14(13-6-2-1-3-7-13)19-17(23)12-24-18-20-15-8-4-5-9-16(15)21-18/h1-9,14,22H,10-12H2,(H,19,23)(H,20,21). The quantitative estimate of drug-likeness (QED) is 0.578. The number of hydrogen-bond donors (Lipinski definition) is 3. The van der Waals surface area contributed by atoms with Gasteiger partial charge in [0.2, 0.25) is 5.91 Å². The van der Waals surface area contributed by atoms with E-state index in [2.05, 4.69) is 15.3 Å². The number of aromatic nitrogens is 2. The van der Waals surface area contributed by atoms with Crippen molar-refractivity contribution >= 4 is 28.7 Å². The molecule has 1 atom stereocenters. The second kappa shape index (κ2) is 7.99. The first-order chi connectivity index (χ1) is 11.8. The Morgan fingerprint density at radius 1 is 1.17 bits per heavy atom. The number of benzene rings is 2. The molecule has 0 aliphatic carbocycles. The summed E-state index contributed by atoms with van der Waals surface area (Å²) in [5.41, 5.74) is 2.85. The van der Waals surface area contributed by atoms with Gasteiger partial charge in [-0.25, -0.2) is 4.98 Å². The molecule has 0 fully saturated rings. The van der Waals surface area contributed by atoms with Crippen LogP contribution in [0.4, 0.5) is 0 Å². The first-order valence-electron chi connectivity index (χ1n) is 7.79. The predicted octanol–water partition coefficient (Wildman–Crippen LogP) is 2.89. The number of imidazole rings is 1. The van der Waals surface area contributed by atoms with Crippen LogP contribution in [0.1, 0.15) is 18.0 Å². The molecule has 24 heavy (non-hydrogen) atoms. The molecule has 2 aromatic carbocycles. The van der Waals surface area contributed by atoms with Crippen LogP contribution in [0.5, 0.6) is 0 Å². The zero-order chi connectivity index (χ0) is 16.8. The van der Waals surface area contributed by atoms with Crippen molar-refractivity contribution in [2.75, 3.05) is 12.4 Å². The summed E-state index contributed by atoms with van der Waals surface area (Å²) in [7, 11) is 0. The molecular formula is C18H19N3O2S. The van der Waals surface area contributed by atoms with Gasteiger partial charge < -0.3 is 15.4 Å². The van der Waals surface area contributed by atoms with Gasteiger partial charge in [0, 0.05) is 6.61 Å². The number of hydrogen-bond acceptors (Lipinski definition) is 4. The molecule has 6 heteroatoms. The minimum Gasteiger partial charge on any atom is -0.396 e. The Balaban J connectivity index is 1.59. The highest BCUT2D eigenvalue weighted by Gasteiger charge is 2.14. The van der Waals surface area contributed by atoms with Crippen LogP contribution in [-0.2, 0) is 4.79 Å². The third kappa shape index (κ3) is 4.15.